The second-order valence-electron chi connectivity index (χ2n) is 32.6. The Bertz CT molecular complexity index is 4820. The van der Waals surface area contributed by atoms with Gasteiger partial charge in [0, 0.05) is 144 Å². The SMILES string of the molecule is CC(C)(CCN1CCN(C2=Nc3ccccc3Oc3ccc(Cl)cc32)CC1)C(=O)O.CC(C)(CN1CCN(C2=Nc3ccccc3Oc3ccc(Br)cc32)CC1)C(=O)O.CC(C)(CN1CCN(C2=Nc3ccccc3Oc3ccc(Cl)cc32)CC1)C(=O)O.O=C(O)C1(CN2CCN(C3=Nc4ccccc4Oc4ccc(Cl)cc43)CC2)CC1. The minimum absolute atomic E-state index is 0.519. The van der Waals surface area contributed by atoms with Crippen LogP contribution in [0.4, 0.5) is 22.7 Å². The van der Waals surface area contributed by atoms with Crippen LogP contribution in [0.25, 0.3) is 0 Å². The van der Waals surface area contributed by atoms with E-state index < -0.39 is 45.5 Å². The fraction of sp³-hybridized carbons (Fsp3) is 0.371. The van der Waals surface area contributed by atoms with Gasteiger partial charge in [0.25, 0.3) is 0 Å². The number of benzene rings is 8. The number of nitrogens with zero attached hydrogens (tertiary/aromatic N) is 12. The molecule has 8 aromatic carbocycles. The summed E-state index contributed by atoms with van der Waals surface area (Å²) < 4.78 is 25.5. The first kappa shape index (κ1) is 83.4. The maximum Gasteiger partial charge on any atom is 0.310 e. The molecule has 4 N–H and O–H groups in total. The summed E-state index contributed by atoms with van der Waals surface area (Å²) in [4.78, 5) is 83.5. The summed E-state index contributed by atoms with van der Waals surface area (Å²) >= 11 is 22.4. The van der Waals surface area contributed by atoms with Crippen LogP contribution < -0.4 is 18.9 Å². The molecule has 0 aromatic heterocycles. The van der Waals surface area contributed by atoms with E-state index >= 15 is 0 Å². The van der Waals surface area contributed by atoms with Gasteiger partial charge in [-0.1, -0.05) is 99.3 Å². The molecule has 9 aliphatic rings. The van der Waals surface area contributed by atoms with Crippen LogP contribution in [0.5, 0.6) is 46.0 Å². The van der Waals surface area contributed by atoms with E-state index in [0.717, 1.165) is 237 Å². The summed E-state index contributed by atoms with van der Waals surface area (Å²) in [6.45, 7) is 25.8. The van der Waals surface area contributed by atoms with Gasteiger partial charge >= 0.3 is 23.9 Å². The molecule has 28 heteroatoms. The molecule has 8 aromatic rings. The number of para-hydroxylation sites is 8. The van der Waals surface area contributed by atoms with Gasteiger partial charge < -0.3 is 59.0 Å². The van der Waals surface area contributed by atoms with Crippen LogP contribution in [-0.2, 0) is 19.2 Å². The maximum absolute atomic E-state index is 11.5. The highest BCUT2D eigenvalue weighted by Crippen LogP contribution is 2.48. The lowest BCUT2D eigenvalue weighted by atomic mass is 9.89. The van der Waals surface area contributed by atoms with Crippen molar-refractivity contribution in [3.63, 3.8) is 0 Å². The molecule has 0 unspecified atom stereocenters. The highest BCUT2D eigenvalue weighted by molar-refractivity contribution is 9.10. The normalized spacial score (nSPS) is 17.7. The molecular weight excluding hydrogens is 1620 g/mol. The summed E-state index contributed by atoms with van der Waals surface area (Å²) in [5.41, 5.74) is 4.02. The summed E-state index contributed by atoms with van der Waals surface area (Å²) in [6, 6.07) is 53.8. The zero-order chi connectivity index (χ0) is 82.5. The first-order chi connectivity index (χ1) is 56.0. The second-order valence-corrected chi connectivity index (χ2v) is 34.8. The largest absolute Gasteiger partial charge is 0.481 e. The van der Waals surface area contributed by atoms with Gasteiger partial charge in [0.2, 0.25) is 0 Å². The van der Waals surface area contributed by atoms with Crippen LogP contribution in [0.3, 0.4) is 0 Å². The van der Waals surface area contributed by atoms with Crippen molar-refractivity contribution in [1.82, 2.24) is 39.2 Å². The van der Waals surface area contributed by atoms with Crippen molar-refractivity contribution in [3.8, 4) is 46.0 Å². The molecular formula is C89H96BrCl3N12O12. The molecule has 0 spiro atoms. The molecule has 5 fully saturated rings. The average molecular weight is 1710 g/mol. The monoisotopic (exact) mass is 1710 g/mol. The standard InChI is InChI=1S/C23H26ClN3O3.C22H24BrN3O3.C22H22ClN3O3.C22H24ClN3O3/c1-23(2,22(28)29)9-10-26-11-13-27(14-12-26)21-17-15-16(24)7-8-19(17)30-20-6-4-3-5-18(20)25-21;1-22(2,21(27)28)14-25-9-11-26(12-10-25)20-16-13-15(23)7-8-18(16)29-19-6-4-3-5-17(19)24-20;23-15-5-6-18-16(13-15)20(24-17-3-1-2-4-19(17)29-18)26-11-9-25(10-12-26)14-22(7-8-22)21(27)28;1-22(2,21(27)28)14-25-9-11-26(12-10-25)20-16-13-15(23)7-8-18(16)29-19-6-4-3-5-17(19)24-20/h3-8,15H,9-14H2,1-2H3,(H,28,29);3-8,13H,9-12,14H2,1-2H3,(H,27,28);1-6,13H,7-12,14H2,(H,27,28);3-8,13H,9-12,14H2,1-2H3,(H,27,28). The number of ether oxygens (including phenoxy) is 4. The lowest BCUT2D eigenvalue weighted by molar-refractivity contribution is -0.149. The van der Waals surface area contributed by atoms with E-state index in [2.05, 4.69) is 55.1 Å². The predicted octanol–water partition coefficient (Wildman–Crippen LogP) is 17.3. The number of carboxylic acids is 4. The van der Waals surface area contributed by atoms with Crippen LogP contribution in [0.1, 0.15) is 83.1 Å². The first-order valence-corrected chi connectivity index (χ1v) is 41.4. The highest BCUT2D eigenvalue weighted by Gasteiger charge is 2.51. The molecule has 612 valence electrons. The van der Waals surface area contributed by atoms with E-state index in [0.29, 0.717) is 46.9 Å². The van der Waals surface area contributed by atoms with Crippen molar-refractivity contribution in [2.45, 2.75) is 60.8 Å². The van der Waals surface area contributed by atoms with Crippen molar-refractivity contribution in [1.29, 1.82) is 0 Å². The summed E-state index contributed by atoms with van der Waals surface area (Å²) in [6.07, 6.45) is 2.20. The number of fused-ring (bicyclic) bond motifs is 8. The fourth-order valence-corrected chi connectivity index (χ4v) is 16.0. The van der Waals surface area contributed by atoms with Gasteiger partial charge in [-0.3, -0.25) is 38.8 Å². The van der Waals surface area contributed by atoms with Crippen molar-refractivity contribution in [2.75, 3.05) is 131 Å². The number of carboxylic acid groups (broad SMARTS) is 4. The lowest BCUT2D eigenvalue weighted by Crippen LogP contribution is -2.52. The van der Waals surface area contributed by atoms with Crippen molar-refractivity contribution in [2.24, 2.45) is 41.6 Å². The molecule has 1 aliphatic carbocycles. The number of carbonyl (C=O) groups is 4. The Hall–Kier alpha value is -10.1. The van der Waals surface area contributed by atoms with Gasteiger partial charge in [0.1, 0.15) is 69.1 Å². The summed E-state index contributed by atoms with van der Waals surface area (Å²) in [7, 11) is 0. The van der Waals surface area contributed by atoms with Crippen LogP contribution in [0.2, 0.25) is 15.1 Å². The minimum Gasteiger partial charge on any atom is -0.481 e. The van der Waals surface area contributed by atoms with E-state index in [1.54, 1.807) is 41.5 Å². The van der Waals surface area contributed by atoms with E-state index in [-0.39, 0.29) is 0 Å². The Labute approximate surface area is 704 Å². The number of aliphatic carboxylic acids is 4. The van der Waals surface area contributed by atoms with E-state index in [1.807, 2.05) is 170 Å². The van der Waals surface area contributed by atoms with Gasteiger partial charge in [-0.05, 0) is 189 Å². The molecule has 0 atom stereocenters. The van der Waals surface area contributed by atoms with Gasteiger partial charge in [-0.15, -0.1) is 0 Å². The van der Waals surface area contributed by atoms with Crippen LogP contribution >= 0.6 is 50.7 Å². The van der Waals surface area contributed by atoms with Gasteiger partial charge in [0.05, 0.1) is 43.9 Å². The molecule has 4 saturated heterocycles. The highest BCUT2D eigenvalue weighted by atomic mass is 79.9. The Morgan fingerprint density at radius 2 is 0.650 bits per heavy atom. The Kier molecular flexibility index (Phi) is 25.4. The minimum atomic E-state index is -0.773. The van der Waals surface area contributed by atoms with Crippen LogP contribution in [0, 0.1) is 21.7 Å². The predicted molar refractivity (Wildman–Crippen MR) is 460 cm³/mol. The Balaban J connectivity index is 0.000000128. The molecule has 1 saturated carbocycles. The van der Waals surface area contributed by atoms with Gasteiger partial charge in [0.15, 0.2) is 23.0 Å². The number of rotatable bonds is 13. The third-order valence-electron chi connectivity index (χ3n) is 22.5. The number of aliphatic imine (C=N–C) groups is 4. The van der Waals surface area contributed by atoms with Gasteiger partial charge in [-0.25, -0.2) is 20.0 Å². The topological polar surface area (TPSA) is 261 Å². The molecule has 0 amide bonds. The number of hydrogen-bond donors (Lipinski definition) is 4. The zero-order valence-corrected chi connectivity index (χ0v) is 70.2. The molecule has 0 radical (unpaired) electrons. The van der Waals surface area contributed by atoms with Crippen molar-refractivity contribution >= 4 is 121 Å². The van der Waals surface area contributed by atoms with E-state index in [4.69, 9.17) is 73.7 Å². The third kappa shape index (κ3) is 19.9. The first-order valence-electron chi connectivity index (χ1n) is 39.5. The molecule has 8 aliphatic heterocycles. The maximum atomic E-state index is 11.5. The van der Waals surface area contributed by atoms with E-state index in [9.17, 15) is 39.6 Å². The van der Waals surface area contributed by atoms with Crippen molar-refractivity contribution < 1.29 is 58.6 Å². The average Bonchev–Trinajstić information content (AvgIpc) is 1.65. The number of piperazine rings is 4. The summed E-state index contributed by atoms with van der Waals surface area (Å²) in [5, 5.41) is 39.5. The van der Waals surface area contributed by atoms with Gasteiger partial charge in [-0.2, -0.15) is 0 Å². The number of hydrogen-bond acceptors (Lipinski definition) is 20. The molecule has 8 heterocycles. The zero-order valence-electron chi connectivity index (χ0n) is 66.4. The number of halogens is 4. The second kappa shape index (κ2) is 35.6. The molecule has 24 nitrogen and oxygen atoms in total. The lowest BCUT2D eigenvalue weighted by Gasteiger charge is -2.39. The Morgan fingerprint density at radius 3 is 0.949 bits per heavy atom. The molecule has 0 bridgehead atoms. The Morgan fingerprint density at radius 1 is 0.368 bits per heavy atom. The van der Waals surface area contributed by atoms with Crippen molar-refractivity contribution in [3.05, 3.63) is 212 Å². The molecule has 117 heavy (non-hydrogen) atoms. The summed E-state index contributed by atoms with van der Waals surface area (Å²) in [5.74, 6) is 6.41. The molecule has 17 rings (SSSR count). The van der Waals surface area contributed by atoms with E-state index in [1.165, 1.54) is 0 Å². The number of amidine groups is 4. The smallest absolute Gasteiger partial charge is 0.310 e. The fourth-order valence-electron chi connectivity index (χ4n) is 15.1. The van der Waals surface area contributed by atoms with Crippen LogP contribution in [-0.4, -0.2) is 238 Å². The van der Waals surface area contributed by atoms with Crippen LogP contribution in [0.15, 0.2) is 194 Å². The third-order valence-corrected chi connectivity index (χ3v) is 23.7. The quantitative estimate of drug-likeness (QED) is 0.0836.